The van der Waals surface area contributed by atoms with E-state index in [1.54, 1.807) is 13.0 Å². The first-order valence-electron chi connectivity index (χ1n) is 6.18. The van der Waals surface area contributed by atoms with Gasteiger partial charge in [0.25, 0.3) is 5.91 Å². The molecule has 0 saturated heterocycles. The second-order valence-corrected chi connectivity index (χ2v) is 5.70. The summed E-state index contributed by atoms with van der Waals surface area (Å²) in [6.45, 7) is 7.37. The van der Waals surface area contributed by atoms with Gasteiger partial charge in [-0.05, 0) is 61.3 Å². The van der Waals surface area contributed by atoms with Gasteiger partial charge in [0, 0.05) is 10.5 Å². The molecule has 0 aliphatic rings. The van der Waals surface area contributed by atoms with E-state index in [0.717, 1.165) is 10.0 Å². The van der Waals surface area contributed by atoms with Crippen molar-refractivity contribution < 1.29 is 9.59 Å². The predicted molar refractivity (Wildman–Crippen MR) is 79.1 cm³/mol. The number of nitrogens with one attached hydrogen (secondary N) is 2. The van der Waals surface area contributed by atoms with E-state index < -0.39 is 6.04 Å². The number of hydrogen-bond acceptors (Lipinski definition) is 2. The van der Waals surface area contributed by atoms with Crippen LogP contribution in [0.15, 0.2) is 22.7 Å². The second kappa shape index (κ2) is 6.70. The van der Waals surface area contributed by atoms with Crippen molar-refractivity contribution in [3.05, 3.63) is 33.8 Å². The number of carbonyl (C=O) groups is 2. The van der Waals surface area contributed by atoms with Gasteiger partial charge >= 0.3 is 0 Å². The fourth-order valence-electron chi connectivity index (χ4n) is 1.55. The van der Waals surface area contributed by atoms with E-state index in [-0.39, 0.29) is 17.9 Å². The highest BCUT2D eigenvalue weighted by atomic mass is 79.9. The number of hydrogen-bond donors (Lipinski definition) is 2. The van der Waals surface area contributed by atoms with Crippen LogP contribution in [0.1, 0.15) is 36.7 Å². The molecule has 0 aromatic heterocycles. The van der Waals surface area contributed by atoms with Crippen molar-refractivity contribution in [2.75, 3.05) is 0 Å². The zero-order valence-corrected chi connectivity index (χ0v) is 13.2. The number of carbonyl (C=O) groups excluding carboxylic acids is 2. The second-order valence-electron chi connectivity index (χ2n) is 4.84. The maximum absolute atomic E-state index is 12.1. The van der Waals surface area contributed by atoms with E-state index >= 15 is 0 Å². The molecule has 2 N–H and O–H groups in total. The third-order valence-electron chi connectivity index (χ3n) is 2.54. The number of amides is 2. The molecule has 2 amide bonds. The topological polar surface area (TPSA) is 58.2 Å². The molecule has 0 saturated carbocycles. The van der Waals surface area contributed by atoms with Crippen molar-refractivity contribution in [3.63, 3.8) is 0 Å². The molecular weight excluding hydrogens is 308 g/mol. The molecule has 1 aromatic carbocycles. The minimum atomic E-state index is -0.567. The molecule has 19 heavy (non-hydrogen) atoms. The molecule has 1 atom stereocenters. The van der Waals surface area contributed by atoms with Crippen molar-refractivity contribution >= 4 is 27.7 Å². The quantitative estimate of drug-likeness (QED) is 0.892. The lowest BCUT2D eigenvalue weighted by Gasteiger charge is -2.16. The first-order chi connectivity index (χ1) is 8.81. The molecule has 0 fully saturated rings. The summed E-state index contributed by atoms with van der Waals surface area (Å²) in [5.41, 5.74) is 1.59. The van der Waals surface area contributed by atoms with E-state index in [4.69, 9.17) is 0 Å². The van der Waals surface area contributed by atoms with Gasteiger partial charge in [-0.2, -0.15) is 0 Å². The molecule has 0 radical (unpaired) electrons. The van der Waals surface area contributed by atoms with E-state index in [1.807, 2.05) is 32.9 Å². The molecule has 0 aliphatic carbocycles. The first-order valence-corrected chi connectivity index (χ1v) is 6.98. The van der Waals surface area contributed by atoms with Gasteiger partial charge in [0.1, 0.15) is 6.04 Å². The van der Waals surface area contributed by atoms with Crippen LogP contribution in [0.3, 0.4) is 0 Å². The highest BCUT2D eigenvalue weighted by Gasteiger charge is 2.18. The van der Waals surface area contributed by atoms with Gasteiger partial charge in [-0.1, -0.05) is 6.07 Å². The Hall–Kier alpha value is -1.36. The molecular formula is C14H19BrN2O2. The molecule has 1 unspecified atom stereocenters. The average molecular weight is 327 g/mol. The Morgan fingerprint density at radius 2 is 1.79 bits per heavy atom. The average Bonchev–Trinajstić information content (AvgIpc) is 2.27. The van der Waals surface area contributed by atoms with E-state index in [9.17, 15) is 9.59 Å². The van der Waals surface area contributed by atoms with Gasteiger partial charge in [0.15, 0.2) is 0 Å². The molecule has 1 rings (SSSR count). The van der Waals surface area contributed by atoms with Gasteiger partial charge in [-0.3, -0.25) is 9.59 Å². The van der Waals surface area contributed by atoms with Crippen molar-refractivity contribution in [2.24, 2.45) is 0 Å². The van der Waals surface area contributed by atoms with Crippen LogP contribution < -0.4 is 10.6 Å². The maximum atomic E-state index is 12.1. The molecule has 5 heteroatoms. The Morgan fingerprint density at radius 3 is 2.32 bits per heavy atom. The summed E-state index contributed by atoms with van der Waals surface area (Å²) in [5.74, 6) is -0.454. The smallest absolute Gasteiger partial charge is 0.253 e. The summed E-state index contributed by atoms with van der Waals surface area (Å²) in [6.07, 6.45) is 0. The monoisotopic (exact) mass is 326 g/mol. The summed E-state index contributed by atoms with van der Waals surface area (Å²) in [6, 6.07) is 4.95. The Kier molecular flexibility index (Phi) is 5.54. The summed E-state index contributed by atoms with van der Waals surface area (Å²) in [5, 5.41) is 5.44. The highest BCUT2D eigenvalue weighted by Crippen LogP contribution is 2.18. The van der Waals surface area contributed by atoms with Crippen molar-refractivity contribution in [2.45, 2.75) is 39.8 Å². The first kappa shape index (κ1) is 15.7. The Labute approximate surface area is 122 Å². The van der Waals surface area contributed by atoms with Crippen LogP contribution in [0, 0.1) is 6.92 Å². The Balaban J connectivity index is 2.71. The van der Waals surface area contributed by atoms with Crippen molar-refractivity contribution in [1.82, 2.24) is 10.6 Å². The standard InChI is InChI=1S/C14H19BrN2O2/c1-8(2)16-13(18)10(4)17-14(19)11-6-5-9(3)7-12(11)15/h5-8,10H,1-4H3,(H,16,18)(H,17,19). The zero-order chi connectivity index (χ0) is 14.6. The van der Waals surface area contributed by atoms with Crippen molar-refractivity contribution in [1.29, 1.82) is 0 Å². The SMILES string of the molecule is Cc1ccc(C(=O)NC(C)C(=O)NC(C)C)c(Br)c1. The van der Waals surface area contributed by atoms with E-state index in [1.165, 1.54) is 0 Å². The van der Waals surface area contributed by atoms with Gasteiger partial charge in [0.05, 0.1) is 5.56 Å². The van der Waals surface area contributed by atoms with E-state index in [2.05, 4.69) is 26.6 Å². The third-order valence-corrected chi connectivity index (χ3v) is 3.20. The van der Waals surface area contributed by atoms with Crippen LogP contribution in [-0.4, -0.2) is 23.9 Å². The molecule has 0 bridgehead atoms. The number of rotatable bonds is 4. The minimum absolute atomic E-state index is 0.0537. The maximum Gasteiger partial charge on any atom is 0.253 e. The van der Waals surface area contributed by atoms with Gasteiger partial charge < -0.3 is 10.6 Å². The molecule has 0 aliphatic heterocycles. The normalized spacial score (nSPS) is 12.1. The minimum Gasteiger partial charge on any atom is -0.352 e. The van der Waals surface area contributed by atoms with Crippen LogP contribution in [0.5, 0.6) is 0 Å². The highest BCUT2D eigenvalue weighted by molar-refractivity contribution is 9.10. The lowest BCUT2D eigenvalue weighted by molar-refractivity contribution is -0.123. The predicted octanol–water partition coefficient (Wildman–Crippen LogP) is 2.40. The molecule has 4 nitrogen and oxygen atoms in total. The number of aryl methyl sites for hydroxylation is 1. The van der Waals surface area contributed by atoms with Gasteiger partial charge in [-0.25, -0.2) is 0 Å². The van der Waals surface area contributed by atoms with Crippen LogP contribution in [0.25, 0.3) is 0 Å². The van der Waals surface area contributed by atoms with Gasteiger partial charge in [0.2, 0.25) is 5.91 Å². The van der Waals surface area contributed by atoms with Crippen molar-refractivity contribution in [3.8, 4) is 0 Å². The van der Waals surface area contributed by atoms with Crippen LogP contribution in [0.2, 0.25) is 0 Å². The van der Waals surface area contributed by atoms with Crippen LogP contribution >= 0.6 is 15.9 Å². The largest absolute Gasteiger partial charge is 0.352 e. The fraction of sp³-hybridized carbons (Fsp3) is 0.429. The van der Waals surface area contributed by atoms with Crippen LogP contribution in [0.4, 0.5) is 0 Å². The summed E-state index contributed by atoms with van der Waals surface area (Å²) >= 11 is 3.35. The van der Waals surface area contributed by atoms with Gasteiger partial charge in [-0.15, -0.1) is 0 Å². The summed E-state index contributed by atoms with van der Waals surface area (Å²) in [4.78, 5) is 23.8. The Bertz CT molecular complexity index is 486. The number of benzene rings is 1. The fourth-order valence-corrected chi connectivity index (χ4v) is 2.23. The lowest BCUT2D eigenvalue weighted by Crippen LogP contribution is -2.46. The third kappa shape index (κ3) is 4.67. The molecule has 0 spiro atoms. The Morgan fingerprint density at radius 1 is 1.16 bits per heavy atom. The zero-order valence-electron chi connectivity index (χ0n) is 11.6. The summed E-state index contributed by atoms with van der Waals surface area (Å²) < 4.78 is 0.724. The molecule has 1 aromatic rings. The molecule has 0 heterocycles. The summed E-state index contributed by atoms with van der Waals surface area (Å²) in [7, 11) is 0. The number of halogens is 1. The van der Waals surface area contributed by atoms with Crippen LogP contribution in [-0.2, 0) is 4.79 Å². The lowest BCUT2D eigenvalue weighted by atomic mass is 10.1. The molecule has 104 valence electrons. The van der Waals surface area contributed by atoms with E-state index in [0.29, 0.717) is 5.56 Å².